The van der Waals surface area contributed by atoms with Crippen molar-refractivity contribution in [2.45, 2.75) is 39.2 Å². The van der Waals surface area contributed by atoms with Crippen molar-refractivity contribution >= 4 is 5.91 Å². The second kappa shape index (κ2) is 7.46. The van der Waals surface area contributed by atoms with Crippen LogP contribution in [-0.4, -0.2) is 43.1 Å². The molecule has 2 atom stereocenters. The van der Waals surface area contributed by atoms with Crippen LogP contribution in [0.4, 0.5) is 0 Å². The van der Waals surface area contributed by atoms with Crippen LogP contribution in [-0.2, 0) is 4.79 Å². The molecule has 0 aliphatic carbocycles. The number of para-hydroxylation sites is 1. The minimum absolute atomic E-state index is 0.0722. The fourth-order valence-corrected chi connectivity index (χ4v) is 2.67. The number of ether oxygens (including phenoxy) is 1. The molecule has 1 aliphatic rings. The molecule has 1 aliphatic heterocycles. The Morgan fingerprint density at radius 3 is 2.95 bits per heavy atom. The lowest BCUT2D eigenvalue weighted by Gasteiger charge is -2.34. The third-order valence-corrected chi connectivity index (χ3v) is 4.24. The van der Waals surface area contributed by atoms with E-state index in [1.807, 2.05) is 23.1 Å². The van der Waals surface area contributed by atoms with Gasteiger partial charge >= 0.3 is 0 Å². The third kappa shape index (κ3) is 3.97. The highest BCUT2D eigenvalue weighted by Gasteiger charge is 2.23. The van der Waals surface area contributed by atoms with Gasteiger partial charge in [0, 0.05) is 25.7 Å². The monoisotopic (exact) mass is 290 g/mol. The summed E-state index contributed by atoms with van der Waals surface area (Å²) in [7, 11) is 0. The van der Waals surface area contributed by atoms with Crippen molar-refractivity contribution in [1.29, 1.82) is 0 Å². The zero-order valence-corrected chi connectivity index (χ0v) is 13.3. The van der Waals surface area contributed by atoms with Crippen LogP contribution in [0.1, 0.15) is 38.7 Å². The summed E-state index contributed by atoms with van der Waals surface area (Å²) in [6, 6.07) is 8.25. The topological polar surface area (TPSA) is 41.6 Å². The molecule has 1 N–H and O–H groups in total. The highest BCUT2D eigenvalue weighted by atomic mass is 16.5. The fourth-order valence-electron chi connectivity index (χ4n) is 2.67. The first-order valence-corrected chi connectivity index (χ1v) is 7.85. The first-order chi connectivity index (χ1) is 10.1. The quantitative estimate of drug-likeness (QED) is 0.905. The first kappa shape index (κ1) is 15.8. The number of hydrogen-bond acceptors (Lipinski definition) is 3. The number of nitrogens with one attached hydrogen (secondary N) is 1. The highest BCUT2D eigenvalue weighted by molar-refractivity contribution is 5.78. The lowest BCUT2D eigenvalue weighted by Crippen LogP contribution is -2.53. The molecule has 1 amide bonds. The predicted molar refractivity (Wildman–Crippen MR) is 84.7 cm³/mol. The van der Waals surface area contributed by atoms with Crippen molar-refractivity contribution in [1.82, 2.24) is 10.2 Å². The highest BCUT2D eigenvalue weighted by Crippen LogP contribution is 2.28. The Kier molecular flexibility index (Phi) is 5.62. The average Bonchev–Trinajstić information content (AvgIpc) is 2.52. The number of benzene rings is 1. The lowest BCUT2D eigenvalue weighted by atomic mass is 9.98. The molecule has 0 saturated carbocycles. The van der Waals surface area contributed by atoms with E-state index in [4.69, 9.17) is 4.74 Å². The summed E-state index contributed by atoms with van der Waals surface area (Å²) in [5.41, 5.74) is 1.18. The molecule has 1 unspecified atom stereocenters. The Labute approximate surface area is 127 Å². The normalized spacial score (nSPS) is 20.1. The van der Waals surface area contributed by atoms with Crippen molar-refractivity contribution < 1.29 is 9.53 Å². The molecule has 1 aromatic carbocycles. The van der Waals surface area contributed by atoms with E-state index in [-0.39, 0.29) is 18.6 Å². The van der Waals surface area contributed by atoms with Crippen LogP contribution in [0.5, 0.6) is 5.75 Å². The number of amides is 1. The minimum atomic E-state index is 0.0722. The Balaban J connectivity index is 1.98. The van der Waals surface area contributed by atoms with E-state index < -0.39 is 0 Å². The standard InChI is InChI=1S/C17H26N2O2/c1-4-13(2)15-7-5-6-8-16(15)21-12-17(20)19-10-9-18-11-14(19)3/h5-8,13-14,18H,4,9-12H2,1-3H3/t13?,14-/m1/s1. The number of carbonyl (C=O) groups excluding carboxylic acids is 1. The van der Waals surface area contributed by atoms with Crippen molar-refractivity contribution in [2.24, 2.45) is 0 Å². The van der Waals surface area contributed by atoms with Gasteiger partial charge in [-0.15, -0.1) is 0 Å². The smallest absolute Gasteiger partial charge is 0.260 e. The van der Waals surface area contributed by atoms with E-state index in [2.05, 4.69) is 32.2 Å². The summed E-state index contributed by atoms with van der Waals surface area (Å²) in [4.78, 5) is 14.2. The van der Waals surface area contributed by atoms with Gasteiger partial charge in [0.25, 0.3) is 5.91 Å². The summed E-state index contributed by atoms with van der Waals surface area (Å²) in [6.07, 6.45) is 1.06. The Hall–Kier alpha value is -1.55. The van der Waals surface area contributed by atoms with Crippen molar-refractivity contribution in [3.05, 3.63) is 29.8 Å². The SMILES string of the molecule is CCC(C)c1ccccc1OCC(=O)N1CCNC[C@H]1C. The third-order valence-electron chi connectivity index (χ3n) is 4.24. The Morgan fingerprint density at radius 2 is 2.24 bits per heavy atom. The number of nitrogens with zero attached hydrogens (tertiary/aromatic N) is 1. The maximum Gasteiger partial charge on any atom is 0.260 e. The summed E-state index contributed by atoms with van der Waals surface area (Å²) >= 11 is 0. The van der Waals surface area contributed by atoms with Crippen LogP contribution in [0.2, 0.25) is 0 Å². The van der Waals surface area contributed by atoms with E-state index in [0.29, 0.717) is 5.92 Å². The van der Waals surface area contributed by atoms with Gasteiger partial charge in [0.1, 0.15) is 5.75 Å². The molecule has 21 heavy (non-hydrogen) atoms. The molecule has 116 valence electrons. The van der Waals surface area contributed by atoms with Crippen LogP contribution < -0.4 is 10.1 Å². The van der Waals surface area contributed by atoms with Crippen LogP contribution in [0, 0.1) is 0 Å². The van der Waals surface area contributed by atoms with Gasteiger partial charge in [0.05, 0.1) is 0 Å². The van der Waals surface area contributed by atoms with E-state index in [1.165, 1.54) is 5.56 Å². The van der Waals surface area contributed by atoms with Crippen molar-refractivity contribution in [3.8, 4) is 5.75 Å². The van der Waals surface area contributed by atoms with Crippen molar-refractivity contribution in [2.75, 3.05) is 26.2 Å². The maximum atomic E-state index is 12.3. The molecule has 0 aromatic heterocycles. The van der Waals surface area contributed by atoms with Gasteiger partial charge in [-0.25, -0.2) is 0 Å². The van der Waals surface area contributed by atoms with Gasteiger partial charge < -0.3 is 15.0 Å². The van der Waals surface area contributed by atoms with Crippen molar-refractivity contribution in [3.63, 3.8) is 0 Å². The number of piperazine rings is 1. The van der Waals surface area contributed by atoms with Gasteiger partial charge in [0.2, 0.25) is 0 Å². The van der Waals surface area contributed by atoms with Crippen LogP contribution >= 0.6 is 0 Å². The number of hydrogen-bond donors (Lipinski definition) is 1. The second-order valence-electron chi connectivity index (χ2n) is 5.78. The summed E-state index contributed by atoms with van der Waals surface area (Å²) < 4.78 is 5.81. The van der Waals surface area contributed by atoms with E-state index >= 15 is 0 Å². The summed E-state index contributed by atoms with van der Waals surface area (Å²) in [5, 5.41) is 3.29. The predicted octanol–water partition coefficient (Wildman–Crippen LogP) is 2.40. The summed E-state index contributed by atoms with van der Waals surface area (Å²) in [6.45, 7) is 9.01. The largest absolute Gasteiger partial charge is 0.483 e. The van der Waals surface area contributed by atoms with Gasteiger partial charge in [-0.05, 0) is 30.9 Å². The molecule has 1 heterocycles. The zero-order chi connectivity index (χ0) is 15.2. The molecular formula is C17H26N2O2. The molecule has 4 nitrogen and oxygen atoms in total. The van der Waals surface area contributed by atoms with Crippen LogP contribution in [0.15, 0.2) is 24.3 Å². The summed E-state index contributed by atoms with van der Waals surface area (Å²) in [5.74, 6) is 1.35. The molecule has 4 heteroatoms. The lowest BCUT2D eigenvalue weighted by molar-refractivity contribution is -0.136. The van der Waals surface area contributed by atoms with Crippen LogP contribution in [0.3, 0.4) is 0 Å². The maximum absolute atomic E-state index is 12.3. The molecule has 2 rings (SSSR count). The van der Waals surface area contributed by atoms with E-state index in [0.717, 1.165) is 31.8 Å². The zero-order valence-electron chi connectivity index (χ0n) is 13.3. The molecule has 1 saturated heterocycles. The van der Waals surface area contributed by atoms with Gasteiger partial charge in [0.15, 0.2) is 6.61 Å². The minimum Gasteiger partial charge on any atom is -0.483 e. The van der Waals surface area contributed by atoms with E-state index in [1.54, 1.807) is 0 Å². The fraction of sp³-hybridized carbons (Fsp3) is 0.588. The molecule has 0 bridgehead atoms. The van der Waals surface area contributed by atoms with Crippen LogP contribution in [0.25, 0.3) is 0 Å². The average molecular weight is 290 g/mol. The second-order valence-corrected chi connectivity index (χ2v) is 5.78. The first-order valence-electron chi connectivity index (χ1n) is 7.85. The van der Waals surface area contributed by atoms with Gasteiger partial charge in [-0.3, -0.25) is 4.79 Å². The van der Waals surface area contributed by atoms with Gasteiger partial charge in [-0.2, -0.15) is 0 Å². The molecule has 0 spiro atoms. The Bertz CT molecular complexity index is 476. The number of rotatable bonds is 5. The van der Waals surface area contributed by atoms with Gasteiger partial charge in [-0.1, -0.05) is 32.0 Å². The van der Waals surface area contributed by atoms with E-state index in [9.17, 15) is 4.79 Å². The molecule has 1 aromatic rings. The molecular weight excluding hydrogens is 264 g/mol. The molecule has 0 radical (unpaired) electrons. The molecule has 1 fully saturated rings. The Morgan fingerprint density at radius 1 is 1.48 bits per heavy atom. The number of carbonyl (C=O) groups is 1.